The number of hydrogen-bond donors (Lipinski definition) is 0. The fourth-order valence-electron chi connectivity index (χ4n) is 1.69. The number of nitrogens with zero attached hydrogens (tertiary/aromatic N) is 4. The van der Waals surface area contributed by atoms with Crippen molar-refractivity contribution in [3.8, 4) is 0 Å². The summed E-state index contributed by atoms with van der Waals surface area (Å²) in [6.07, 6.45) is 2.70. The monoisotopic (exact) mass is 320 g/mol. The van der Waals surface area contributed by atoms with Crippen LogP contribution in [0.3, 0.4) is 0 Å². The van der Waals surface area contributed by atoms with E-state index in [-0.39, 0.29) is 9.63 Å². The van der Waals surface area contributed by atoms with Crippen molar-refractivity contribution in [1.82, 2.24) is 19.3 Å². The Morgan fingerprint density at radius 3 is 2.65 bits per heavy atom. The lowest BCUT2D eigenvalue weighted by atomic mass is 10.1. The molecule has 0 unspecified atom stereocenters. The summed E-state index contributed by atoms with van der Waals surface area (Å²) in [5.41, 5.74) is 1.22. The van der Waals surface area contributed by atoms with E-state index in [1.807, 2.05) is 13.0 Å². The maximum Gasteiger partial charge on any atom is 0.263 e. The molecular formula is C9H13BrN4O2S. The topological polar surface area (TPSA) is 68.1 Å². The molecule has 0 aromatic carbocycles. The Labute approximate surface area is 108 Å². The smallest absolute Gasteiger partial charge is 0.235 e. The summed E-state index contributed by atoms with van der Waals surface area (Å²) in [4.78, 5) is 0. The van der Waals surface area contributed by atoms with Gasteiger partial charge in [-0.3, -0.25) is 0 Å². The lowest BCUT2D eigenvalue weighted by Crippen LogP contribution is -2.35. The SMILES string of the molecule is CC1=CCN(S(=O)(=O)c2c(Br)nnn2C)CC1. The number of aromatic nitrogens is 3. The molecule has 94 valence electrons. The average molecular weight is 321 g/mol. The van der Waals surface area contributed by atoms with Gasteiger partial charge in [0, 0.05) is 20.1 Å². The number of halogens is 1. The first-order chi connectivity index (χ1) is 7.93. The maximum absolute atomic E-state index is 12.4. The van der Waals surface area contributed by atoms with Crippen molar-refractivity contribution in [3.63, 3.8) is 0 Å². The Balaban J connectivity index is 2.38. The van der Waals surface area contributed by atoms with E-state index in [0.717, 1.165) is 6.42 Å². The highest BCUT2D eigenvalue weighted by Gasteiger charge is 2.31. The standard InChI is InChI=1S/C9H13BrN4O2S/c1-7-3-5-14(6-4-7)17(15,16)9-8(10)11-12-13(9)2/h3H,4-6H2,1-2H3. The number of aryl methyl sites for hydroxylation is 1. The predicted octanol–water partition coefficient (Wildman–Crippen LogP) is 0.918. The van der Waals surface area contributed by atoms with Gasteiger partial charge in [-0.1, -0.05) is 16.9 Å². The van der Waals surface area contributed by atoms with Gasteiger partial charge in [-0.15, -0.1) is 5.10 Å². The molecule has 0 aliphatic carbocycles. The van der Waals surface area contributed by atoms with Crippen molar-refractivity contribution < 1.29 is 8.42 Å². The lowest BCUT2D eigenvalue weighted by Gasteiger charge is -2.24. The first-order valence-electron chi connectivity index (χ1n) is 5.14. The number of hydrogen-bond acceptors (Lipinski definition) is 4. The van der Waals surface area contributed by atoms with E-state index in [1.165, 1.54) is 14.6 Å². The zero-order chi connectivity index (χ0) is 12.6. The van der Waals surface area contributed by atoms with Gasteiger partial charge in [0.25, 0.3) is 10.0 Å². The Hall–Kier alpha value is -0.730. The highest BCUT2D eigenvalue weighted by molar-refractivity contribution is 9.10. The minimum absolute atomic E-state index is 0.102. The summed E-state index contributed by atoms with van der Waals surface area (Å²) >= 11 is 3.12. The van der Waals surface area contributed by atoms with Crippen molar-refractivity contribution in [2.24, 2.45) is 7.05 Å². The largest absolute Gasteiger partial charge is 0.263 e. The first-order valence-corrected chi connectivity index (χ1v) is 7.37. The second-order valence-electron chi connectivity index (χ2n) is 3.97. The fraction of sp³-hybridized carbons (Fsp3) is 0.556. The van der Waals surface area contributed by atoms with E-state index >= 15 is 0 Å². The molecule has 0 N–H and O–H groups in total. The van der Waals surface area contributed by atoms with Gasteiger partial charge in [0.2, 0.25) is 5.03 Å². The minimum atomic E-state index is -3.52. The minimum Gasteiger partial charge on any atom is -0.235 e. The second-order valence-corrected chi connectivity index (χ2v) is 6.58. The molecule has 0 radical (unpaired) electrons. The quantitative estimate of drug-likeness (QED) is 0.760. The normalized spacial score (nSPS) is 18.2. The van der Waals surface area contributed by atoms with E-state index in [1.54, 1.807) is 7.05 Å². The van der Waals surface area contributed by atoms with Crippen LogP contribution < -0.4 is 0 Å². The Morgan fingerprint density at radius 1 is 1.47 bits per heavy atom. The van der Waals surface area contributed by atoms with Crippen molar-refractivity contribution in [2.75, 3.05) is 13.1 Å². The molecule has 6 nitrogen and oxygen atoms in total. The van der Waals surface area contributed by atoms with Gasteiger partial charge in [-0.05, 0) is 29.3 Å². The van der Waals surface area contributed by atoms with Gasteiger partial charge < -0.3 is 0 Å². The number of rotatable bonds is 2. The summed E-state index contributed by atoms with van der Waals surface area (Å²) in [7, 11) is -1.96. The Bertz CT molecular complexity index is 544. The van der Waals surface area contributed by atoms with Gasteiger partial charge in [-0.2, -0.15) is 4.31 Å². The van der Waals surface area contributed by atoms with Crippen LogP contribution in [0.15, 0.2) is 21.3 Å². The van der Waals surface area contributed by atoms with Crippen LogP contribution in [0.2, 0.25) is 0 Å². The third-order valence-electron chi connectivity index (χ3n) is 2.72. The van der Waals surface area contributed by atoms with E-state index in [2.05, 4.69) is 26.2 Å². The molecule has 0 amide bonds. The van der Waals surface area contributed by atoms with Gasteiger partial charge in [-0.25, -0.2) is 13.1 Å². The first kappa shape index (κ1) is 12.7. The van der Waals surface area contributed by atoms with Crippen LogP contribution in [0.4, 0.5) is 0 Å². The van der Waals surface area contributed by atoms with Crippen LogP contribution in [0, 0.1) is 0 Å². The van der Waals surface area contributed by atoms with Crippen LogP contribution >= 0.6 is 15.9 Å². The van der Waals surface area contributed by atoms with Gasteiger partial charge in [0.1, 0.15) is 0 Å². The number of sulfonamides is 1. The van der Waals surface area contributed by atoms with E-state index in [0.29, 0.717) is 13.1 Å². The van der Waals surface area contributed by atoms with Crippen LogP contribution in [-0.4, -0.2) is 40.8 Å². The zero-order valence-electron chi connectivity index (χ0n) is 9.59. The molecule has 0 atom stereocenters. The van der Waals surface area contributed by atoms with E-state index < -0.39 is 10.0 Å². The zero-order valence-corrected chi connectivity index (χ0v) is 12.0. The Kier molecular flexibility index (Phi) is 3.37. The van der Waals surface area contributed by atoms with Crippen LogP contribution in [0.25, 0.3) is 0 Å². The van der Waals surface area contributed by atoms with Crippen LogP contribution in [0.1, 0.15) is 13.3 Å². The van der Waals surface area contributed by atoms with Gasteiger partial charge in [0.05, 0.1) is 0 Å². The summed E-state index contributed by atoms with van der Waals surface area (Å²) in [5.74, 6) is 0. The molecule has 2 rings (SSSR count). The molecule has 1 aliphatic heterocycles. The van der Waals surface area contributed by atoms with Crippen molar-refractivity contribution in [1.29, 1.82) is 0 Å². The molecule has 0 spiro atoms. The van der Waals surface area contributed by atoms with Gasteiger partial charge >= 0.3 is 0 Å². The molecule has 0 bridgehead atoms. The fourth-order valence-corrected chi connectivity index (χ4v) is 4.10. The predicted molar refractivity (Wildman–Crippen MR) is 65.8 cm³/mol. The molecule has 8 heteroatoms. The van der Waals surface area contributed by atoms with Crippen molar-refractivity contribution >= 4 is 26.0 Å². The average Bonchev–Trinajstić information content (AvgIpc) is 2.59. The lowest BCUT2D eigenvalue weighted by molar-refractivity contribution is 0.424. The summed E-state index contributed by atoms with van der Waals surface area (Å²) in [6.45, 7) is 2.92. The molecular weight excluding hydrogens is 308 g/mol. The van der Waals surface area contributed by atoms with Crippen molar-refractivity contribution in [3.05, 3.63) is 16.3 Å². The molecule has 0 saturated heterocycles. The molecule has 1 aromatic heterocycles. The third-order valence-corrected chi connectivity index (χ3v) is 5.47. The summed E-state index contributed by atoms with van der Waals surface area (Å²) < 4.78 is 27.7. The summed E-state index contributed by atoms with van der Waals surface area (Å²) in [6, 6.07) is 0. The molecule has 2 heterocycles. The molecule has 0 saturated carbocycles. The maximum atomic E-state index is 12.4. The summed E-state index contributed by atoms with van der Waals surface area (Å²) in [5, 5.41) is 7.49. The second kappa shape index (κ2) is 4.51. The highest BCUT2D eigenvalue weighted by atomic mass is 79.9. The Morgan fingerprint density at radius 2 is 2.18 bits per heavy atom. The van der Waals surface area contributed by atoms with E-state index in [9.17, 15) is 8.42 Å². The molecule has 1 aliphatic rings. The molecule has 0 fully saturated rings. The van der Waals surface area contributed by atoms with Gasteiger partial charge in [0.15, 0.2) is 4.60 Å². The molecule has 1 aromatic rings. The van der Waals surface area contributed by atoms with Crippen LogP contribution in [-0.2, 0) is 17.1 Å². The highest BCUT2D eigenvalue weighted by Crippen LogP contribution is 2.24. The third kappa shape index (κ3) is 2.29. The molecule has 17 heavy (non-hydrogen) atoms. The van der Waals surface area contributed by atoms with Crippen LogP contribution in [0.5, 0.6) is 0 Å². The van der Waals surface area contributed by atoms with E-state index in [4.69, 9.17) is 0 Å². The van der Waals surface area contributed by atoms with Crippen molar-refractivity contribution in [2.45, 2.75) is 18.4 Å².